The van der Waals surface area contributed by atoms with Gasteiger partial charge in [0.05, 0.1) is 19.8 Å². The highest BCUT2D eigenvalue weighted by Gasteiger charge is 2.14. The summed E-state index contributed by atoms with van der Waals surface area (Å²) in [5.41, 5.74) is 1.43. The van der Waals surface area contributed by atoms with Gasteiger partial charge in [-0.1, -0.05) is 0 Å². The molecule has 0 atom stereocenters. The van der Waals surface area contributed by atoms with Crippen molar-refractivity contribution in [1.29, 1.82) is 0 Å². The lowest BCUT2D eigenvalue weighted by Crippen LogP contribution is -2.23. The number of amides is 1. The highest BCUT2D eigenvalue weighted by molar-refractivity contribution is 5.95. The van der Waals surface area contributed by atoms with Gasteiger partial charge in [0.15, 0.2) is 0 Å². The number of carbonyl (C=O) groups excluding carboxylic acids is 1. The van der Waals surface area contributed by atoms with Crippen molar-refractivity contribution in [3.05, 3.63) is 46.9 Å². The predicted octanol–water partition coefficient (Wildman–Crippen LogP) is 2.84. The molecule has 0 unspecified atom stereocenters. The maximum absolute atomic E-state index is 12.1. The van der Waals surface area contributed by atoms with Crippen molar-refractivity contribution < 1.29 is 18.7 Å². The third kappa shape index (κ3) is 3.37. The van der Waals surface area contributed by atoms with Gasteiger partial charge in [-0.3, -0.25) is 4.79 Å². The fourth-order valence-corrected chi connectivity index (χ4v) is 2.12. The van der Waals surface area contributed by atoms with Crippen molar-refractivity contribution in [2.75, 3.05) is 14.2 Å². The molecule has 0 aliphatic carbocycles. The first-order valence-electron chi connectivity index (χ1n) is 6.61. The van der Waals surface area contributed by atoms with Crippen LogP contribution in [0.15, 0.2) is 28.7 Å². The van der Waals surface area contributed by atoms with Crippen molar-refractivity contribution in [3.8, 4) is 11.5 Å². The van der Waals surface area contributed by atoms with Crippen LogP contribution in [0, 0.1) is 13.8 Å². The van der Waals surface area contributed by atoms with Crippen LogP contribution in [0.4, 0.5) is 0 Å². The Labute approximate surface area is 123 Å². The molecule has 0 saturated heterocycles. The van der Waals surface area contributed by atoms with Crippen LogP contribution in [0.1, 0.15) is 27.4 Å². The zero-order chi connectivity index (χ0) is 15.4. The van der Waals surface area contributed by atoms with Crippen molar-refractivity contribution in [2.45, 2.75) is 20.4 Å². The minimum atomic E-state index is -0.165. The molecule has 0 saturated carbocycles. The summed E-state index contributed by atoms with van der Waals surface area (Å²) >= 11 is 0. The Morgan fingerprint density at radius 1 is 1.19 bits per heavy atom. The second kappa shape index (κ2) is 6.35. The van der Waals surface area contributed by atoms with E-state index >= 15 is 0 Å². The lowest BCUT2D eigenvalue weighted by Gasteiger charge is -2.11. The summed E-state index contributed by atoms with van der Waals surface area (Å²) in [5, 5.41) is 2.86. The molecule has 2 aromatic rings. The van der Waals surface area contributed by atoms with Crippen LogP contribution in [0.5, 0.6) is 11.5 Å². The Bertz CT molecular complexity index is 646. The number of methoxy groups -OCH3 is 2. The van der Waals surface area contributed by atoms with E-state index in [1.807, 2.05) is 19.1 Å². The molecule has 21 heavy (non-hydrogen) atoms. The highest BCUT2D eigenvalue weighted by Crippen LogP contribution is 2.24. The number of benzene rings is 1. The fraction of sp³-hybridized carbons (Fsp3) is 0.312. The van der Waals surface area contributed by atoms with Crippen LogP contribution in [-0.2, 0) is 6.54 Å². The summed E-state index contributed by atoms with van der Waals surface area (Å²) in [7, 11) is 3.18. The lowest BCUT2D eigenvalue weighted by atomic mass is 10.1. The van der Waals surface area contributed by atoms with E-state index in [0.29, 0.717) is 29.4 Å². The van der Waals surface area contributed by atoms with Gasteiger partial charge < -0.3 is 19.2 Å². The molecule has 0 fully saturated rings. The topological polar surface area (TPSA) is 60.7 Å². The molecule has 1 heterocycles. The molecule has 0 radical (unpaired) electrons. The third-order valence-electron chi connectivity index (χ3n) is 3.22. The fourth-order valence-electron chi connectivity index (χ4n) is 2.12. The van der Waals surface area contributed by atoms with Gasteiger partial charge in [-0.2, -0.15) is 0 Å². The Kier molecular flexibility index (Phi) is 4.52. The van der Waals surface area contributed by atoms with E-state index in [2.05, 4.69) is 5.32 Å². The van der Waals surface area contributed by atoms with E-state index in [9.17, 15) is 4.79 Å². The number of nitrogens with one attached hydrogen (secondary N) is 1. The molecule has 2 rings (SSSR count). The monoisotopic (exact) mass is 289 g/mol. The average molecular weight is 289 g/mol. The Balaban J connectivity index is 2.09. The van der Waals surface area contributed by atoms with Gasteiger partial charge in [-0.25, -0.2) is 0 Å². The molecule has 5 heteroatoms. The minimum Gasteiger partial charge on any atom is -0.497 e. The second-order valence-corrected chi connectivity index (χ2v) is 4.69. The van der Waals surface area contributed by atoms with E-state index in [-0.39, 0.29) is 5.91 Å². The number of hydrogen-bond donors (Lipinski definition) is 1. The molecule has 0 aliphatic heterocycles. The summed E-state index contributed by atoms with van der Waals surface area (Å²) in [6, 6.07) is 7.22. The van der Waals surface area contributed by atoms with Gasteiger partial charge in [0.1, 0.15) is 23.0 Å². The number of furan rings is 1. The van der Waals surface area contributed by atoms with E-state index < -0.39 is 0 Å². The van der Waals surface area contributed by atoms with E-state index in [0.717, 1.165) is 11.3 Å². The van der Waals surface area contributed by atoms with E-state index in [4.69, 9.17) is 13.9 Å². The maximum Gasteiger partial charge on any atom is 0.255 e. The molecule has 112 valence electrons. The Morgan fingerprint density at radius 3 is 2.52 bits per heavy atom. The first-order chi connectivity index (χ1) is 10.0. The highest BCUT2D eigenvalue weighted by atomic mass is 16.5. The summed E-state index contributed by atoms with van der Waals surface area (Å²) in [5.74, 6) is 2.56. The summed E-state index contributed by atoms with van der Waals surface area (Å²) < 4.78 is 15.8. The molecule has 1 aromatic heterocycles. The van der Waals surface area contributed by atoms with Crippen LogP contribution in [-0.4, -0.2) is 20.1 Å². The number of hydrogen-bond acceptors (Lipinski definition) is 4. The van der Waals surface area contributed by atoms with Crippen molar-refractivity contribution in [1.82, 2.24) is 5.32 Å². The van der Waals surface area contributed by atoms with Crippen LogP contribution in [0.25, 0.3) is 0 Å². The number of aryl methyl sites for hydroxylation is 2. The van der Waals surface area contributed by atoms with Crippen LogP contribution in [0.2, 0.25) is 0 Å². The third-order valence-corrected chi connectivity index (χ3v) is 3.22. The van der Waals surface area contributed by atoms with E-state index in [1.54, 1.807) is 33.3 Å². The Morgan fingerprint density at radius 2 is 1.95 bits per heavy atom. The zero-order valence-corrected chi connectivity index (χ0v) is 12.6. The minimum absolute atomic E-state index is 0.165. The number of rotatable bonds is 5. The molecular formula is C16H19NO4. The quantitative estimate of drug-likeness (QED) is 0.919. The van der Waals surface area contributed by atoms with Crippen molar-refractivity contribution in [2.24, 2.45) is 0 Å². The smallest absolute Gasteiger partial charge is 0.255 e. The molecule has 5 nitrogen and oxygen atoms in total. The zero-order valence-electron chi connectivity index (χ0n) is 12.6. The predicted molar refractivity (Wildman–Crippen MR) is 78.9 cm³/mol. The average Bonchev–Trinajstić information content (AvgIpc) is 2.83. The molecule has 1 N–H and O–H groups in total. The van der Waals surface area contributed by atoms with Crippen LogP contribution < -0.4 is 14.8 Å². The molecule has 0 aliphatic rings. The van der Waals surface area contributed by atoms with Crippen molar-refractivity contribution in [3.63, 3.8) is 0 Å². The van der Waals surface area contributed by atoms with Gasteiger partial charge in [0.2, 0.25) is 0 Å². The second-order valence-electron chi connectivity index (χ2n) is 4.69. The van der Waals surface area contributed by atoms with Gasteiger partial charge in [-0.15, -0.1) is 0 Å². The largest absolute Gasteiger partial charge is 0.497 e. The van der Waals surface area contributed by atoms with Crippen LogP contribution >= 0.6 is 0 Å². The molecule has 0 spiro atoms. The summed E-state index contributed by atoms with van der Waals surface area (Å²) in [6.45, 7) is 3.96. The van der Waals surface area contributed by atoms with Crippen LogP contribution in [0.3, 0.4) is 0 Å². The number of carbonyl (C=O) groups is 1. The molecular weight excluding hydrogens is 270 g/mol. The summed E-state index contributed by atoms with van der Waals surface area (Å²) in [6.07, 6.45) is 0. The SMILES string of the molecule is COc1ccc(CNC(=O)c2cc(C)oc2C)c(OC)c1. The molecule has 1 amide bonds. The van der Waals surface area contributed by atoms with Gasteiger partial charge in [-0.05, 0) is 32.0 Å². The number of ether oxygens (including phenoxy) is 2. The van der Waals surface area contributed by atoms with E-state index in [1.165, 1.54) is 0 Å². The summed E-state index contributed by atoms with van der Waals surface area (Å²) in [4.78, 5) is 12.1. The van der Waals surface area contributed by atoms with Gasteiger partial charge in [0.25, 0.3) is 5.91 Å². The molecule has 1 aromatic carbocycles. The van der Waals surface area contributed by atoms with Gasteiger partial charge >= 0.3 is 0 Å². The van der Waals surface area contributed by atoms with Gasteiger partial charge in [0, 0.05) is 18.2 Å². The maximum atomic E-state index is 12.1. The lowest BCUT2D eigenvalue weighted by molar-refractivity contribution is 0.0949. The first kappa shape index (κ1) is 15.0. The first-order valence-corrected chi connectivity index (χ1v) is 6.61. The normalized spacial score (nSPS) is 10.3. The van der Waals surface area contributed by atoms with Crippen molar-refractivity contribution >= 4 is 5.91 Å². The standard InChI is InChI=1S/C16H19NO4/c1-10-7-14(11(2)21-10)16(18)17-9-12-5-6-13(19-3)8-15(12)20-4/h5-8H,9H2,1-4H3,(H,17,18). The Hall–Kier alpha value is -2.43. The molecule has 0 bridgehead atoms.